The molecule has 1 aromatic carbocycles. The van der Waals surface area contributed by atoms with Gasteiger partial charge in [0.05, 0.1) is 11.8 Å². The minimum Gasteiger partial charge on any atom is -0.381 e. The van der Waals surface area contributed by atoms with E-state index in [1.165, 1.54) is 18.5 Å². The number of halogens is 4. The molecule has 2 N–H and O–H groups in total. The number of aromatic nitrogens is 2. The van der Waals surface area contributed by atoms with Gasteiger partial charge in [0.1, 0.15) is 6.33 Å². The van der Waals surface area contributed by atoms with Crippen molar-refractivity contribution in [2.45, 2.75) is 44.4 Å². The molecule has 1 aliphatic carbocycles. The molecule has 1 saturated heterocycles. The van der Waals surface area contributed by atoms with Gasteiger partial charge in [-0.05, 0) is 43.4 Å². The van der Waals surface area contributed by atoms with Gasteiger partial charge in [0, 0.05) is 44.3 Å². The van der Waals surface area contributed by atoms with Crippen molar-refractivity contribution in [2.75, 3.05) is 42.8 Å². The molecule has 8 nitrogen and oxygen atoms in total. The fourth-order valence-corrected chi connectivity index (χ4v) is 4.79. The monoisotopic (exact) mass is 531 g/mol. The van der Waals surface area contributed by atoms with Gasteiger partial charge in [-0.3, -0.25) is 0 Å². The highest BCUT2D eigenvalue weighted by molar-refractivity contribution is 7.88. The van der Waals surface area contributed by atoms with E-state index in [-0.39, 0.29) is 37.3 Å². The highest BCUT2D eigenvalue weighted by atomic mass is 32.2. The normalized spacial score (nSPS) is 18.1. The number of anilines is 2. The lowest BCUT2D eigenvalue weighted by molar-refractivity contribution is -0.137. The van der Waals surface area contributed by atoms with E-state index in [4.69, 9.17) is 4.74 Å². The van der Waals surface area contributed by atoms with Crippen molar-refractivity contribution in [2.24, 2.45) is 5.41 Å². The van der Waals surface area contributed by atoms with Gasteiger partial charge >= 0.3 is 6.18 Å². The van der Waals surface area contributed by atoms with Crippen LogP contribution in [0.15, 0.2) is 30.6 Å². The summed E-state index contributed by atoms with van der Waals surface area (Å²) in [4.78, 5) is 9.94. The first-order valence-corrected chi connectivity index (χ1v) is 13.5. The van der Waals surface area contributed by atoms with Crippen LogP contribution in [0, 0.1) is 11.2 Å². The standard InChI is InChI=1S/C23H29F4N5O3S/c1-36(33,34)31-14-22(8-10-35-11-9-22)13-28-20-19(24)21(30-15-29-20)32(18-6-7-18)12-16-2-4-17(5-3-16)23(25,26)27/h2-5,15,18,31H,6-14H2,1H3,(H,28,29,30). The number of nitrogens with zero attached hydrogens (tertiary/aromatic N) is 3. The van der Waals surface area contributed by atoms with E-state index in [0.717, 1.165) is 31.2 Å². The van der Waals surface area contributed by atoms with E-state index in [9.17, 15) is 21.6 Å². The molecule has 0 radical (unpaired) electrons. The second-order valence-corrected chi connectivity index (χ2v) is 11.3. The van der Waals surface area contributed by atoms with Crippen molar-refractivity contribution in [3.8, 4) is 0 Å². The first-order chi connectivity index (χ1) is 17.0. The summed E-state index contributed by atoms with van der Waals surface area (Å²) in [5, 5.41) is 3.03. The van der Waals surface area contributed by atoms with Crippen molar-refractivity contribution < 1.29 is 30.7 Å². The molecule has 2 aromatic rings. The topological polar surface area (TPSA) is 96.5 Å². The molecular weight excluding hydrogens is 502 g/mol. The molecule has 0 amide bonds. The van der Waals surface area contributed by atoms with Crippen molar-refractivity contribution >= 4 is 21.7 Å². The first kappa shape index (κ1) is 26.6. The summed E-state index contributed by atoms with van der Waals surface area (Å²) in [7, 11) is -3.40. The number of hydrogen-bond acceptors (Lipinski definition) is 7. The van der Waals surface area contributed by atoms with Gasteiger partial charge in [0.15, 0.2) is 11.6 Å². The molecule has 1 aromatic heterocycles. The summed E-state index contributed by atoms with van der Waals surface area (Å²) < 4.78 is 85.5. The second kappa shape index (κ2) is 10.5. The fraction of sp³-hybridized carbons (Fsp3) is 0.565. The zero-order valence-corrected chi connectivity index (χ0v) is 20.6. The van der Waals surface area contributed by atoms with Crippen LogP contribution in [0.4, 0.5) is 29.2 Å². The van der Waals surface area contributed by atoms with Crippen molar-refractivity contribution in [1.29, 1.82) is 0 Å². The quantitative estimate of drug-likeness (QED) is 0.453. The Morgan fingerprint density at radius 1 is 1.11 bits per heavy atom. The largest absolute Gasteiger partial charge is 0.416 e. The first-order valence-electron chi connectivity index (χ1n) is 11.7. The molecule has 36 heavy (non-hydrogen) atoms. The Labute approximate surface area is 207 Å². The second-order valence-electron chi connectivity index (χ2n) is 9.47. The highest BCUT2D eigenvalue weighted by Crippen LogP contribution is 2.36. The Hall–Kier alpha value is -2.51. The number of sulfonamides is 1. The molecule has 198 valence electrons. The molecule has 13 heteroatoms. The van der Waals surface area contributed by atoms with Gasteiger partial charge in [-0.2, -0.15) is 17.6 Å². The van der Waals surface area contributed by atoms with Crippen LogP contribution in [0.25, 0.3) is 0 Å². The van der Waals surface area contributed by atoms with Crippen LogP contribution in [-0.4, -0.2) is 57.0 Å². The van der Waals surface area contributed by atoms with Gasteiger partial charge in [-0.15, -0.1) is 0 Å². The van der Waals surface area contributed by atoms with Gasteiger partial charge < -0.3 is 15.0 Å². The van der Waals surface area contributed by atoms with Gasteiger partial charge in [0.25, 0.3) is 0 Å². The van der Waals surface area contributed by atoms with E-state index in [2.05, 4.69) is 20.0 Å². The Morgan fingerprint density at radius 2 is 1.78 bits per heavy atom. The zero-order valence-electron chi connectivity index (χ0n) is 19.8. The minimum absolute atomic E-state index is 0.0108. The maximum atomic E-state index is 15.6. The average Bonchev–Trinajstić information content (AvgIpc) is 3.66. The molecule has 0 atom stereocenters. The van der Waals surface area contributed by atoms with Crippen LogP contribution >= 0.6 is 0 Å². The summed E-state index contributed by atoms with van der Waals surface area (Å²) in [6.07, 6.45) is 0.739. The van der Waals surface area contributed by atoms with Crippen molar-refractivity contribution in [3.63, 3.8) is 0 Å². The molecule has 1 aliphatic heterocycles. The zero-order chi connectivity index (χ0) is 26.0. The Kier molecular flexibility index (Phi) is 7.72. The predicted octanol–water partition coefficient (Wildman–Crippen LogP) is 3.56. The molecule has 0 bridgehead atoms. The van der Waals surface area contributed by atoms with Crippen LogP contribution in [0.2, 0.25) is 0 Å². The van der Waals surface area contributed by atoms with E-state index < -0.39 is 33.0 Å². The van der Waals surface area contributed by atoms with Crippen molar-refractivity contribution in [3.05, 3.63) is 47.5 Å². The van der Waals surface area contributed by atoms with E-state index in [0.29, 0.717) is 31.6 Å². The summed E-state index contributed by atoms with van der Waals surface area (Å²) in [6.45, 7) is 1.59. The number of ether oxygens (including phenoxy) is 1. The molecule has 2 heterocycles. The third-order valence-electron chi connectivity index (χ3n) is 6.56. The smallest absolute Gasteiger partial charge is 0.381 e. The maximum absolute atomic E-state index is 15.6. The molecular formula is C23H29F4N5O3S. The van der Waals surface area contributed by atoms with Gasteiger partial charge in [0.2, 0.25) is 15.8 Å². The van der Waals surface area contributed by atoms with Crippen LogP contribution < -0.4 is 14.9 Å². The van der Waals surface area contributed by atoms with Crippen LogP contribution in [-0.2, 0) is 27.5 Å². The average molecular weight is 532 g/mol. The lowest BCUT2D eigenvalue weighted by Crippen LogP contribution is -2.45. The molecule has 1 saturated carbocycles. The maximum Gasteiger partial charge on any atom is 0.416 e. The van der Waals surface area contributed by atoms with Gasteiger partial charge in [-0.25, -0.2) is 23.1 Å². The van der Waals surface area contributed by atoms with Crippen LogP contribution in [0.1, 0.15) is 36.8 Å². The number of alkyl halides is 3. The number of nitrogens with one attached hydrogen (secondary N) is 2. The summed E-state index contributed by atoms with van der Waals surface area (Å²) in [6, 6.07) is 4.84. The molecule has 0 unspecified atom stereocenters. The summed E-state index contributed by atoms with van der Waals surface area (Å²) in [5.74, 6) is -0.594. The highest BCUT2D eigenvalue weighted by Gasteiger charge is 2.36. The Bertz CT molecular complexity index is 1150. The number of rotatable bonds is 10. The van der Waals surface area contributed by atoms with E-state index >= 15 is 4.39 Å². The summed E-state index contributed by atoms with van der Waals surface area (Å²) in [5.41, 5.74) is -0.610. The molecule has 2 aliphatic rings. The fourth-order valence-electron chi connectivity index (χ4n) is 4.22. The lowest BCUT2D eigenvalue weighted by atomic mass is 9.80. The van der Waals surface area contributed by atoms with Gasteiger partial charge in [-0.1, -0.05) is 12.1 Å². The Morgan fingerprint density at radius 3 is 2.36 bits per heavy atom. The predicted molar refractivity (Wildman–Crippen MR) is 126 cm³/mol. The van der Waals surface area contributed by atoms with Crippen molar-refractivity contribution in [1.82, 2.24) is 14.7 Å². The summed E-state index contributed by atoms with van der Waals surface area (Å²) >= 11 is 0. The molecule has 4 rings (SSSR count). The SMILES string of the molecule is CS(=O)(=O)NCC1(CNc2ncnc(N(Cc3ccc(C(F)(F)F)cc3)C3CC3)c2F)CCOCC1. The lowest BCUT2D eigenvalue weighted by Gasteiger charge is -2.37. The van der Waals surface area contributed by atoms with E-state index in [1.807, 2.05) is 0 Å². The van der Waals surface area contributed by atoms with Crippen LogP contribution in [0.5, 0.6) is 0 Å². The third-order valence-corrected chi connectivity index (χ3v) is 7.23. The number of benzene rings is 1. The minimum atomic E-state index is -4.42. The van der Waals surface area contributed by atoms with E-state index in [1.54, 1.807) is 4.90 Å². The molecule has 0 spiro atoms. The van der Waals surface area contributed by atoms with Crippen LogP contribution in [0.3, 0.4) is 0 Å². The molecule has 2 fully saturated rings. The third kappa shape index (κ3) is 6.83. The number of hydrogen-bond donors (Lipinski definition) is 2. The Balaban J connectivity index is 1.50.